The van der Waals surface area contributed by atoms with E-state index < -0.39 is 11.7 Å². The standard InChI is InChI=1S/C22H30N4O4/c1-14-13-25(11-8-18(14)27)21(30)15(2)26-12-10-22(9-7-19(26)28)23-17-6-4-3-5-16(17)20(29)24-22/h3-6,14-15,18,23,27H,7-13H2,1-2H3,(H,24,29). The second-order valence-corrected chi connectivity index (χ2v) is 8.84. The number of rotatable bonds is 2. The lowest BCUT2D eigenvalue weighted by atomic mass is 9.95. The Morgan fingerprint density at radius 3 is 2.73 bits per heavy atom. The van der Waals surface area contributed by atoms with Crippen molar-refractivity contribution in [2.45, 2.75) is 57.3 Å². The molecule has 4 unspecified atom stereocenters. The Bertz CT molecular complexity index is 859. The first kappa shape index (κ1) is 20.7. The number of carbonyl (C=O) groups is 3. The summed E-state index contributed by atoms with van der Waals surface area (Å²) in [6.45, 7) is 5.11. The second kappa shape index (κ2) is 7.91. The van der Waals surface area contributed by atoms with Crippen molar-refractivity contribution in [3.8, 4) is 0 Å². The van der Waals surface area contributed by atoms with Crippen molar-refractivity contribution in [3.05, 3.63) is 29.8 Å². The molecular formula is C22H30N4O4. The van der Waals surface area contributed by atoms with Crippen molar-refractivity contribution in [1.82, 2.24) is 15.1 Å². The molecule has 3 heterocycles. The number of fused-ring (bicyclic) bond motifs is 1. The molecule has 4 atom stereocenters. The zero-order valence-corrected chi connectivity index (χ0v) is 17.6. The Morgan fingerprint density at radius 2 is 1.97 bits per heavy atom. The molecule has 2 fully saturated rings. The van der Waals surface area contributed by atoms with Gasteiger partial charge in [-0.05, 0) is 37.8 Å². The minimum atomic E-state index is -0.692. The van der Waals surface area contributed by atoms with Gasteiger partial charge in [0.25, 0.3) is 5.91 Å². The van der Waals surface area contributed by atoms with Crippen LogP contribution in [0.15, 0.2) is 24.3 Å². The first-order valence-electron chi connectivity index (χ1n) is 10.8. The molecule has 3 N–H and O–H groups in total. The van der Waals surface area contributed by atoms with Crippen LogP contribution < -0.4 is 10.6 Å². The fraction of sp³-hybridized carbons (Fsp3) is 0.591. The van der Waals surface area contributed by atoms with Crippen LogP contribution in [0.3, 0.4) is 0 Å². The molecule has 1 spiro atoms. The summed E-state index contributed by atoms with van der Waals surface area (Å²) in [7, 11) is 0. The summed E-state index contributed by atoms with van der Waals surface area (Å²) in [5, 5.41) is 16.4. The molecule has 0 aliphatic carbocycles. The van der Waals surface area contributed by atoms with E-state index in [0.717, 1.165) is 5.69 Å². The van der Waals surface area contributed by atoms with Gasteiger partial charge in [-0.1, -0.05) is 19.1 Å². The number of para-hydroxylation sites is 1. The number of piperidine rings is 1. The van der Waals surface area contributed by atoms with Gasteiger partial charge in [-0.25, -0.2) is 0 Å². The van der Waals surface area contributed by atoms with E-state index >= 15 is 0 Å². The maximum absolute atomic E-state index is 13.1. The van der Waals surface area contributed by atoms with Gasteiger partial charge in [0.05, 0.1) is 11.7 Å². The smallest absolute Gasteiger partial charge is 0.255 e. The van der Waals surface area contributed by atoms with Crippen molar-refractivity contribution < 1.29 is 19.5 Å². The molecule has 4 rings (SSSR count). The molecule has 3 aliphatic heterocycles. The Kier molecular flexibility index (Phi) is 5.44. The van der Waals surface area contributed by atoms with E-state index in [1.807, 2.05) is 25.1 Å². The molecule has 0 aromatic heterocycles. The Labute approximate surface area is 176 Å². The van der Waals surface area contributed by atoms with Crippen LogP contribution >= 0.6 is 0 Å². The van der Waals surface area contributed by atoms with E-state index in [2.05, 4.69) is 10.6 Å². The van der Waals surface area contributed by atoms with Crippen molar-refractivity contribution in [1.29, 1.82) is 0 Å². The molecule has 1 aromatic rings. The van der Waals surface area contributed by atoms with Gasteiger partial charge in [-0.3, -0.25) is 14.4 Å². The lowest BCUT2D eigenvalue weighted by Gasteiger charge is -2.40. The fourth-order valence-corrected chi connectivity index (χ4v) is 4.78. The summed E-state index contributed by atoms with van der Waals surface area (Å²) in [5.74, 6) is -0.272. The van der Waals surface area contributed by atoms with Crippen molar-refractivity contribution in [2.24, 2.45) is 5.92 Å². The molecule has 30 heavy (non-hydrogen) atoms. The number of nitrogens with zero attached hydrogens (tertiary/aromatic N) is 2. The van der Waals surface area contributed by atoms with Crippen LogP contribution in [0.25, 0.3) is 0 Å². The predicted molar refractivity (Wildman–Crippen MR) is 112 cm³/mol. The topological polar surface area (TPSA) is 102 Å². The number of amides is 3. The first-order valence-corrected chi connectivity index (χ1v) is 10.8. The van der Waals surface area contributed by atoms with Gasteiger partial charge in [0.15, 0.2) is 0 Å². The zero-order valence-electron chi connectivity index (χ0n) is 17.6. The predicted octanol–water partition coefficient (Wildman–Crippen LogP) is 1.17. The van der Waals surface area contributed by atoms with E-state index in [4.69, 9.17) is 0 Å². The van der Waals surface area contributed by atoms with Crippen LogP contribution in [-0.4, -0.2) is 70.1 Å². The maximum atomic E-state index is 13.1. The lowest BCUT2D eigenvalue weighted by Crippen LogP contribution is -2.58. The van der Waals surface area contributed by atoms with Gasteiger partial charge in [0.1, 0.15) is 11.7 Å². The highest BCUT2D eigenvalue weighted by Crippen LogP contribution is 2.32. The van der Waals surface area contributed by atoms with E-state index in [1.165, 1.54) is 0 Å². The SMILES string of the molecule is CC1CN(C(=O)C(C)N2CCC3(CCC2=O)NC(=O)c2ccccc2N3)CCC1O. The molecule has 3 aliphatic rings. The highest BCUT2D eigenvalue weighted by molar-refractivity contribution is 6.02. The molecule has 8 heteroatoms. The number of hydrogen-bond acceptors (Lipinski definition) is 5. The number of aliphatic hydroxyl groups excluding tert-OH is 1. The number of carbonyl (C=O) groups excluding carboxylic acids is 3. The summed E-state index contributed by atoms with van der Waals surface area (Å²) < 4.78 is 0. The minimum absolute atomic E-state index is 0.0275. The number of benzene rings is 1. The number of likely N-dealkylation sites (tertiary alicyclic amines) is 2. The fourth-order valence-electron chi connectivity index (χ4n) is 4.78. The van der Waals surface area contributed by atoms with Crippen LogP contribution in [-0.2, 0) is 9.59 Å². The van der Waals surface area contributed by atoms with E-state index in [9.17, 15) is 19.5 Å². The van der Waals surface area contributed by atoms with Gasteiger partial charge in [0.2, 0.25) is 11.8 Å². The zero-order chi connectivity index (χ0) is 21.5. The Hall–Kier alpha value is -2.61. The third-order valence-electron chi connectivity index (χ3n) is 6.76. The van der Waals surface area contributed by atoms with Crippen molar-refractivity contribution in [2.75, 3.05) is 25.0 Å². The lowest BCUT2D eigenvalue weighted by molar-refractivity contribution is -0.147. The molecule has 0 radical (unpaired) electrons. The Balaban J connectivity index is 1.47. The Morgan fingerprint density at radius 1 is 1.20 bits per heavy atom. The molecule has 1 aromatic carbocycles. The number of anilines is 1. The van der Waals surface area contributed by atoms with Gasteiger partial charge in [0, 0.05) is 38.2 Å². The third-order valence-corrected chi connectivity index (χ3v) is 6.76. The van der Waals surface area contributed by atoms with E-state index in [1.54, 1.807) is 22.8 Å². The third kappa shape index (κ3) is 3.76. The summed E-state index contributed by atoms with van der Waals surface area (Å²) in [4.78, 5) is 41.9. The number of hydrogen-bond donors (Lipinski definition) is 3. The maximum Gasteiger partial charge on any atom is 0.255 e. The monoisotopic (exact) mass is 414 g/mol. The second-order valence-electron chi connectivity index (χ2n) is 8.84. The molecule has 162 valence electrons. The van der Waals surface area contributed by atoms with Gasteiger partial charge in [-0.2, -0.15) is 0 Å². The highest BCUT2D eigenvalue weighted by atomic mass is 16.3. The van der Waals surface area contributed by atoms with E-state index in [-0.39, 0.29) is 36.2 Å². The molecule has 0 saturated carbocycles. The van der Waals surface area contributed by atoms with Crippen molar-refractivity contribution >= 4 is 23.4 Å². The summed E-state index contributed by atoms with van der Waals surface area (Å²) in [5.41, 5.74) is 0.676. The first-order chi connectivity index (χ1) is 14.3. The summed E-state index contributed by atoms with van der Waals surface area (Å²) in [6.07, 6.45) is 1.42. The van der Waals surface area contributed by atoms with Crippen LogP contribution in [0, 0.1) is 5.92 Å². The molecule has 0 bridgehead atoms. The van der Waals surface area contributed by atoms with Gasteiger partial charge >= 0.3 is 0 Å². The quantitative estimate of drug-likeness (QED) is 0.674. The molecule has 2 saturated heterocycles. The average molecular weight is 415 g/mol. The number of aliphatic hydroxyl groups is 1. The molecule has 3 amide bonds. The van der Waals surface area contributed by atoms with Gasteiger partial charge in [-0.15, -0.1) is 0 Å². The summed E-state index contributed by atoms with van der Waals surface area (Å²) >= 11 is 0. The van der Waals surface area contributed by atoms with Crippen LogP contribution in [0.4, 0.5) is 5.69 Å². The largest absolute Gasteiger partial charge is 0.393 e. The summed E-state index contributed by atoms with van der Waals surface area (Å²) in [6, 6.07) is 6.78. The van der Waals surface area contributed by atoms with E-state index in [0.29, 0.717) is 44.5 Å². The minimum Gasteiger partial charge on any atom is -0.393 e. The van der Waals surface area contributed by atoms with Gasteiger partial charge < -0.3 is 25.5 Å². The molecule has 8 nitrogen and oxygen atoms in total. The number of nitrogens with one attached hydrogen (secondary N) is 2. The average Bonchev–Trinajstić information content (AvgIpc) is 2.88. The van der Waals surface area contributed by atoms with Crippen LogP contribution in [0.1, 0.15) is 49.9 Å². The van der Waals surface area contributed by atoms with Crippen LogP contribution in [0.2, 0.25) is 0 Å². The van der Waals surface area contributed by atoms with Crippen LogP contribution in [0.5, 0.6) is 0 Å². The highest BCUT2D eigenvalue weighted by Gasteiger charge is 2.42. The normalized spacial score (nSPS) is 30.2. The van der Waals surface area contributed by atoms with Crippen molar-refractivity contribution in [3.63, 3.8) is 0 Å². The molecular weight excluding hydrogens is 384 g/mol.